The van der Waals surface area contributed by atoms with Gasteiger partial charge in [-0.25, -0.2) is 0 Å². The lowest BCUT2D eigenvalue weighted by Gasteiger charge is -2.26. The number of para-hydroxylation sites is 2. The van der Waals surface area contributed by atoms with Gasteiger partial charge in [-0.3, -0.25) is 4.79 Å². The molecule has 1 atom stereocenters. The molecular formula is C26H28N2O3. The molecule has 0 saturated heterocycles. The van der Waals surface area contributed by atoms with Crippen LogP contribution >= 0.6 is 0 Å². The standard InChI is InChI=1S/C26H28N2O3/c29-26(15-12-20-6-2-1-3-7-20)28-22-13-10-21(11-14-22)16-17-27-18-23-19-30-24-8-4-5-9-25(24)31-23/h1-11,13-14,23,27H,12,15-19H2,(H,28,29). The summed E-state index contributed by atoms with van der Waals surface area (Å²) in [7, 11) is 0. The molecule has 3 aromatic carbocycles. The molecule has 0 spiro atoms. The van der Waals surface area contributed by atoms with Gasteiger partial charge < -0.3 is 20.1 Å². The maximum Gasteiger partial charge on any atom is 0.224 e. The molecule has 1 aliphatic heterocycles. The number of hydrogen-bond donors (Lipinski definition) is 2. The Bertz CT molecular complexity index is 973. The number of anilines is 1. The highest BCUT2D eigenvalue weighted by molar-refractivity contribution is 5.90. The molecule has 3 aromatic rings. The zero-order valence-corrected chi connectivity index (χ0v) is 17.6. The Balaban J connectivity index is 1.14. The Morgan fingerprint density at radius 1 is 0.839 bits per heavy atom. The molecule has 160 valence electrons. The van der Waals surface area contributed by atoms with Crippen molar-refractivity contribution in [1.29, 1.82) is 0 Å². The highest BCUT2D eigenvalue weighted by atomic mass is 16.6. The van der Waals surface area contributed by atoms with E-state index in [0.29, 0.717) is 13.0 Å². The number of hydrogen-bond acceptors (Lipinski definition) is 4. The van der Waals surface area contributed by atoms with Crippen molar-refractivity contribution in [3.63, 3.8) is 0 Å². The second-order valence-electron chi connectivity index (χ2n) is 7.68. The van der Waals surface area contributed by atoms with E-state index < -0.39 is 0 Å². The topological polar surface area (TPSA) is 59.6 Å². The largest absolute Gasteiger partial charge is 0.486 e. The first kappa shape index (κ1) is 20.9. The highest BCUT2D eigenvalue weighted by Crippen LogP contribution is 2.30. The Kier molecular flexibility index (Phi) is 7.19. The fourth-order valence-corrected chi connectivity index (χ4v) is 3.54. The second-order valence-corrected chi connectivity index (χ2v) is 7.68. The number of amides is 1. The molecule has 1 aliphatic rings. The van der Waals surface area contributed by atoms with Crippen LogP contribution in [0.15, 0.2) is 78.9 Å². The van der Waals surface area contributed by atoms with Gasteiger partial charge in [-0.1, -0.05) is 54.6 Å². The third-order valence-electron chi connectivity index (χ3n) is 5.25. The Labute approximate surface area is 183 Å². The van der Waals surface area contributed by atoms with Crippen molar-refractivity contribution in [1.82, 2.24) is 5.32 Å². The Morgan fingerprint density at radius 2 is 1.55 bits per heavy atom. The molecule has 0 bridgehead atoms. The maximum atomic E-state index is 12.2. The minimum absolute atomic E-state index is 0.0170. The van der Waals surface area contributed by atoms with E-state index in [1.165, 1.54) is 11.1 Å². The molecule has 0 saturated carbocycles. The van der Waals surface area contributed by atoms with E-state index in [9.17, 15) is 4.79 Å². The van der Waals surface area contributed by atoms with E-state index >= 15 is 0 Å². The van der Waals surface area contributed by atoms with E-state index in [-0.39, 0.29) is 12.0 Å². The van der Waals surface area contributed by atoms with E-state index in [0.717, 1.165) is 43.1 Å². The predicted octanol–water partition coefficient (Wildman–Crippen LogP) is 4.23. The molecule has 5 nitrogen and oxygen atoms in total. The smallest absolute Gasteiger partial charge is 0.224 e. The van der Waals surface area contributed by atoms with Crippen molar-refractivity contribution in [2.75, 3.05) is 25.0 Å². The van der Waals surface area contributed by atoms with E-state index in [2.05, 4.69) is 22.8 Å². The lowest BCUT2D eigenvalue weighted by molar-refractivity contribution is -0.116. The zero-order valence-electron chi connectivity index (χ0n) is 17.6. The molecule has 5 heteroatoms. The maximum absolute atomic E-state index is 12.2. The van der Waals surface area contributed by atoms with Crippen molar-refractivity contribution in [2.45, 2.75) is 25.4 Å². The number of aryl methyl sites for hydroxylation is 1. The molecule has 1 heterocycles. The Morgan fingerprint density at radius 3 is 2.35 bits per heavy atom. The summed E-state index contributed by atoms with van der Waals surface area (Å²) in [5, 5.41) is 6.41. The van der Waals surface area contributed by atoms with E-state index in [1.807, 2.05) is 66.7 Å². The lowest BCUT2D eigenvalue weighted by Crippen LogP contribution is -2.39. The van der Waals surface area contributed by atoms with Gasteiger partial charge in [-0.2, -0.15) is 0 Å². The molecule has 0 aromatic heterocycles. The van der Waals surface area contributed by atoms with Crippen LogP contribution < -0.4 is 20.1 Å². The van der Waals surface area contributed by atoms with Gasteiger partial charge in [0.05, 0.1) is 0 Å². The summed E-state index contributed by atoms with van der Waals surface area (Å²) in [6.07, 6.45) is 2.15. The monoisotopic (exact) mass is 416 g/mol. The second kappa shape index (κ2) is 10.6. The number of carbonyl (C=O) groups is 1. The average molecular weight is 417 g/mol. The minimum atomic E-state index is 0.0170. The number of fused-ring (bicyclic) bond motifs is 1. The third kappa shape index (κ3) is 6.33. The summed E-state index contributed by atoms with van der Waals surface area (Å²) in [6, 6.07) is 25.9. The molecular weight excluding hydrogens is 388 g/mol. The summed E-state index contributed by atoms with van der Waals surface area (Å²) in [6.45, 7) is 2.15. The summed E-state index contributed by atoms with van der Waals surface area (Å²) < 4.78 is 11.7. The summed E-state index contributed by atoms with van der Waals surface area (Å²) in [5.74, 6) is 1.66. The van der Waals surface area contributed by atoms with Crippen LogP contribution in [0.4, 0.5) is 5.69 Å². The third-order valence-corrected chi connectivity index (χ3v) is 5.25. The van der Waals surface area contributed by atoms with Gasteiger partial charge in [0.2, 0.25) is 5.91 Å². The van der Waals surface area contributed by atoms with Crippen LogP contribution in [0.2, 0.25) is 0 Å². The van der Waals surface area contributed by atoms with Gasteiger partial charge in [-0.05, 0) is 54.8 Å². The number of nitrogens with one attached hydrogen (secondary N) is 2. The molecule has 0 fully saturated rings. The first-order chi connectivity index (χ1) is 15.3. The minimum Gasteiger partial charge on any atom is -0.486 e. The molecule has 0 aliphatic carbocycles. The van der Waals surface area contributed by atoms with Crippen molar-refractivity contribution in [3.05, 3.63) is 90.0 Å². The number of benzene rings is 3. The van der Waals surface area contributed by atoms with Crippen LogP contribution in [-0.4, -0.2) is 31.7 Å². The normalized spacial score (nSPS) is 14.8. The fraction of sp³-hybridized carbons (Fsp3) is 0.269. The van der Waals surface area contributed by atoms with Crippen molar-refractivity contribution in [3.8, 4) is 11.5 Å². The molecule has 1 unspecified atom stereocenters. The summed E-state index contributed by atoms with van der Waals surface area (Å²) >= 11 is 0. The van der Waals surface area contributed by atoms with Gasteiger partial charge in [0.1, 0.15) is 12.7 Å². The first-order valence-corrected chi connectivity index (χ1v) is 10.8. The molecule has 31 heavy (non-hydrogen) atoms. The molecule has 0 radical (unpaired) electrons. The number of carbonyl (C=O) groups excluding carboxylic acids is 1. The van der Waals surface area contributed by atoms with Crippen LogP contribution in [0.1, 0.15) is 17.5 Å². The number of rotatable bonds is 9. The van der Waals surface area contributed by atoms with E-state index in [1.54, 1.807) is 0 Å². The average Bonchev–Trinajstić information content (AvgIpc) is 2.82. The lowest BCUT2D eigenvalue weighted by atomic mass is 10.1. The fourth-order valence-electron chi connectivity index (χ4n) is 3.54. The van der Waals surface area contributed by atoms with Crippen LogP contribution in [0.3, 0.4) is 0 Å². The zero-order chi connectivity index (χ0) is 21.3. The quantitative estimate of drug-likeness (QED) is 0.513. The van der Waals surface area contributed by atoms with Gasteiger partial charge in [0.25, 0.3) is 0 Å². The molecule has 2 N–H and O–H groups in total. The summed E-state index contributed by atoms with van der Waals surface area (Å²) in [4.78, 5) is 12.2. The van der Waals surface area contributed by atoms with Gasteiger partial charge >= 0.3 is 0 Å². The van der Waals surface area contributed by atoms with Gasteiger partial charge in [0.15, 0.2) is 11.5 Å². The Hall–Kier alpha value is -3.31. The van der Waals surface area contributed by atoms with Crippen LogP contribution in [0.5, 0.6) is 11.5 Å². The van der Waals surface area contributed by atoms with E-state index in [4.69, 9.17) is 9.47 Å². The predicted molar refractivity (Wildman–Crippen MR) is 123 cm³/mol. The SMILES string of the molecule is O=C(CCc1ccccc1)Nc1ccc(CCNCC2COc3ccccc3O2)cc1. The van der Waals surface area contributed by atoms with Gasteiger partial charge in [-0.15, -0.1) is 0 Å². The van der Waals surface area contributed by atoms with Crippen molar-refractivity contribution in [2.24, 2.45) is 0 Å². The van der Waals surface area contributed by atoms with Crippen molar-refractivity contribution >= 4 is 11.6 Å². The number of ether oxygens (including phenoxy) is 2. The van der Waals surface area contributed by atoms with Crippen LogP contribution in [0.25, 0.3) is 0 Å². The van der Waals surface area contributed by atoms with Crippen LogP contribution in [0, 0.1) is 0 Å². The first-order valence-electron chi connectivity index (χ1n) is 10.8. The summed E-state index contributed by atoms with van der Waals surface area (Å²) in [5.41, 5.74) is 3.23. The van der Waals surface area contributed by atoms with Crippen molar-refractivity contribution < 1.29 is 14.3 Å². The van der Waals surface area contributed by atoms with Gasteiger partial charge in [0, 0.05) is 18.7 Å². The highest BCUT2D eigenvalue weighted by Gasteiger charge is 2.19. The molecule has 1 amide bonds. The van der Waals surface area contributed by atoms with Crippen LogP contribution in [-0.2, 0) is 17.6 Å². The molecule has 4 rings (SSSR count).